The predicted octanol–water partition coefficient (Wildman–Crippen LogP) is 6.10. The number of carbonyl (C=O) groups excluding carboxylic acids is 1. The molecule has 130 valence electrons. The fourth-order valence-electron chi connectivity index (χ4n) is 2.41. The van der Waals surface area contributed by atoms with Gasteiger partial charge in [0, 0.05) is 11.1 Å². The molecule has 0 aliphatic rings. The highest BCUT2D eigenvalue weighted by atomic mass is 16.5. The van der Waals surface area contributed by atoms with E-state index >= 15 is 0 Å². The lowest BCUT2D eigenvalue weighted by molar-refractivity contribution is 0.101. The van der Waals surface area contributed by atoms with Crippen molar-refractivity contribution < 1.29 is 9.53 Å². The molecule has 2 nitrogen and oxygen atoms in total. The lowest BCUT2D eigenvalue weighted by Crippen LogP contribution is -2.10. The van der Waals surface area contributed by atoms with Gasteiger partial charge < -0.3 is 4.74 Å². The molecule has 0 saturated carbocycles. The number of hydrogen-bond donors (Lipinski definition) is 0. The van der Waals surface area contributed by atoms with Gasteiger partial charge in [0.15, 0.2) is 5.78 Å². The first-order valence-corrected chi connectivity index (χ1v) is 8.62. The number of carbonyl (C=O) groups is 1. The molecular formula is C22H30O2. The molecule has 0 bridgehead atoms. The molecule has 0 amide bonds. The maximum atomic E-state index is 11.6. The van der Waals surface area contributed by atoms with Crippen LogP contribution in [0.5, 0.6) is 5.75 Å². The molecule has 0 aliphatic heterocycles. The largest absolute Gasteiger partial charge is 0.489 e. The quantitative estimate of drug-likeness (QED) is 0.634. The van der Waals surface area contributed by atoms with Gasteiger partial charge in [-0.1, -0.05) is 71.0 Å². The van der Waals surface area contributed by atoms with E-state index in [0.717, 1.165) is 22.4 Å². The first-order chi connectivity index (χ1) is 11.3. The highest BCUT2D eigenvalue weighted by Crippen LogP contribution is 2.24. The molecule has 2 heteroatoms. The Balaban J connectivity index is 0.00000139. The van der Waals surface area contributed by atoms with Crippen LogP contribution in [-0.4, -0.2) is 5.78 Å². The standard InChI is InChI=1S/C20H24O2.C2H6/c1-14-18(15(2)21)7-6-8-19(14)22-13-16-9-11-17(12-10-16)20(3,4)5;1-2/h6-12H,13H2,1-5H3;1-2H3. The minimum Gasteiger partial charge on any atom is -0.489 e. The molecular weight excluding hydrogens is 296 g/mol. The Morgan fingerprint density at radius 3 is 2.08 bits per heavy atom. The summed E-state index contributed by atoms with van der Waals surface area (Å²) >= 11 is 0. The van der Waals surface area contributed by atoms with Crippen LogP contribution in [0.15, 0.2) is 42.5 Å². The lowest BCUT2D eigenvalue weighted by Gasteiger charge is -2.19. The van der Waals surface area contributed by atoms with E-state index in [1.807, 2.05) is 39.0 Å². The molecule has 0 aromatic heterocycles. The second-order valence-corrected chi connectivity index (χ2v) is 6.72. The topological polar surface area (TPSA) is 26.3 Å². The van der Waals surface area contributed by atoms with Gasteiger partial charge in [-0.25, -0.2) is 0 Å². The van der Waals surface area contributed by atoms with Crippen LogP contribution in [0, 0.1) is 6.92 Å². The van der Waals surface area contributed by atoms with Crippen molar-refractivity contribution in [3.8, 4) is 5.75 Å². The molecule has 0 N–H and O–H groups in total. The maximum Gasteiger partial charge on any atom is 0.160 e. The summed E-state index contributed by atoms with van der Waals surface area (Å²) in [6.45, 7) is 14.6. The highest BCUT2D eigenvalue weighted by Gasteiger charge is 2.13. The molecule has 0 unspecified atom stereocenters. The maximum absolute atomic E-state index is 11.6. The lowest BCUT2D eigenvalue weighted by atomic mass is 9.87. The Hall–Kier alpha value is -2.09. The minimum absolute atomic E-state index is 0.0671. The van der Waals surface area contributed by atoms with Crippen molar-refractivity contribution in [3.63, 3.8) is 0 Å². The molecule has 0 aliphatic carbocycles. The number of ether oxygens (including phenoxy) is 1. The van der Waals surface area contributed by atoms with E-state index in [4.69, 9.17) is 4.74 Å². The average Bonchev–Trinajstić information content (AvgIpc) is 2.55. The van der Waals surface area contributed by atoms with Crippen molar-refractivity contribution in [3.05, 3.63) is 64.7 Å². The van der Waals surface area contributed by atoms with Crippen LogP contribution in [0.2, 0.25) is 0 Å². The first kappa shape index (κ1) is 20.0. The van der Waals surface area contributed by atoms with Crippen molar-refractivity contribution in [1.82, 2.24) is 0 Å². The Morgan fingerprint density at radius 1 is 1.00 bits per heavy atom. The molecule has 0 atom stereocenters. The summed E-state index contributed by atoms with van der Waals surface area (Å²) in [6, 6.07) is 14.1. The van der Waals surface area contributed by atoms with Crippen molar-refractivity contribution in [2.24, 2.45) is 0 Å². The number of Topliss-reactive ketones (excluding diaryl/α,β-unsaturated/α-hetero) is 1. The van der Waals surface area contributed by atoms with E-state index in [2.05, 4.69) is 45.0 Å². The van der Waals surface area contributed by atoms with Gasteiger partial charge in [0.1, 0.15) is 12.4 Å². The normalized spacial score (nSPS) is 10.6. The molecule has 0 spiro atoms. The second-order valence-electron chi connectivity index (χ2n) is 6.72. The zero-order valence-corrected chi connectivity index (χ0v) is 16.1. The van der Waals surface area contributed by atoms with Gasteiger partial charge in [-0.3, -0.25) is 4.79 Å². The number of ketones is 1. The molecule has 0 saturated heterocycles. The summed E-state index contributed by atoms with van der Waals surface area (Å²) in [5.74, 6) is 0.838. The number of benzene rings is 2. The summed E-state index contributed by atoms with van der Waals surface area (Å²) in [7, 11) is 0. The molecule has 0 fully saturated rings. The molecule has 2 aromatic carbocycles. The Kier molecular flexibility index (Phi) is 7.21. The van der Waals surface area contributed by atoms with E-state index in [9.17, 15) is 4.79 Å². The van der Waals surface area contributed by atoms with Crippen molar-refractivity contribution in [2.75, 3.05) is 0 Å². The van der Waals surface area contributed by atoms with Crippen LogP contribution in [0.4, 0.5) is 0 Å². The van der Waals surface area contributed by atoms with Crippen LogP contribution in [-0.2, 0) is 12.0 Å². The third-order valence-corrected chi connectivity index (χ3v) is 3.88. The van der Waals surface area contributed by atoms with Gasteiger partial charge in [-0.2, -0.15) is 0 Å². The number of rotatable bonds is 4. The molecule has 24 heavy (non-hydrogen) atoms. The van der Waals surface area contributed by atoms with Gasteiger partial charge in [0.2, 0.25) is 0 Å². The van der Waals surface area contributed by atoms with Crippen LogP contribution >= 0.6 is 0 Å². The number of hydrogen-bond acceptors (Lipinski definition) is 2. The van der Waals surface area contributed by atoms with Gasteiger partial charge in [0.05, 0.1) is 0 Å². The zero-order chi connectivity index (χ0) is 18.3. The third-order valence-electron chi connectivity index (χ3n) is 3.88. The summed E-state index contributed by atoms with van der Waals surface area (Å²) in [5, 5.41) is 0. The van der Waals surface area contributed by atoms with Gasteiger partial charge >= 0.3 is 0 Å². The van der Waals surface area contributed by atoms with Crippen molar-refractivity contribution >= 4 is 5.78 Å². The van der Waals surface area contributed by atoms with Crippen LogP contribution < -0.4 is 4.74 Å². The predicted molar refractivity (Wildman–Crippen MR) is 102 cm³/mol. The molecule has 0 radical (unpaired) electrons. The van der Waals surface area contributed by atoms with Crippen molar-refractivity contribution in [2.45, 2.75) is 60.5 Å². The fourth-order valence-corrected chi connectivity index (χ4v) is 2.41. The molecule has 0 heterocycles. The van der Waals surface area contributed by atoms with Crippen LogP contribution in [0.3, 0.4) is 0 Å². The summed E-state index contributed by atoms with van der Waals surface area (Å²) < 4.78 is 5.89. The summed E-state index contributed by atoms with van der Waals surface area (Å²) in [4.78, 5) is 11.6. The molecule has 2 rings (SSSR count). The van der Waals surface area contributed by atoms with E-state index in [1.54, 1.807) is 6.92 Å². The van der Waals surface area contributed by atoms with E-state index < -0.39 is 0 Å². The van der Waals surface area contributed by atoms with Gasteiger partial charge in [-0.15, -0.1) is 0 Å². The first-order valence-electron chi connectivity index (χ1n) is 8.62. The van der Waals surface area contributed by atoms with Crippen LogP contribution in [0.25, 0.3) is 0 Å². The SMILES string of the molecule is CC.CC(=O)c1cccc(OCc2ccc(C(C)(C)C)cc2)c1C. The van der Waals surface area contributed by atoms with Crippen LogP contribution in [0.1, 0.15) is 68.6 Å². The second kappa shape index (κ2) is 8.68. The third kappa shape index (κ3) is 5.23. The Labute approximate surface area is 146 Å². The highest BCUT2D eigenvalue weighted by molar-refractivity contribution is 5.96. The Bertz CT molecular complexity index is 661. The monoisotopic (exact) mass is 326 g/mol. The molecule has 2 aromatic rings. The van der Waals surface area contributed by atoms with Gasteiger partial charge in [0.25, 0.3) is 0 Å². The summed E-state index contributed by atoms with van der Waals surface area (Å²) in [6.07, 6.45) is 0. The van der Waals surface area contributed by atoms with E-state index in [-0.39, 0.29) is 11.2 Å². The van der Waals surface area contributed by atoms with E-state index in [0.29, 0.717) is 6.61 Å². The Morgan fingerprint density at radius 2 is 1.58 bits per heavy atom. The zero-order valence-electron chi connectivity index (χ0n) is 16.1. The van der Waals surface area contributed by atoms with E-state index in [1.165, 1.54) is 5.56 Å². The minimum atomic E-state index is 0.0671. The average molecular weight is 326 g/mol. The smallest absolute Gasteiger partial charge is 0.160 e. The summed E-state index contributed by atoms with van der Waals surface area (Å²) in [5.41, 5.74) is 4.22. The van der Waals surface area contributed by atoms with Crippen molar-refractivity contribution in [1.29, 1.82) is 0 Å². The van der Waals surface area contributed by atoms with Gasteiger partial charge in [-0.05, 0) is 36.5 Å². The fraction of sp³-hybridized carbons (Fsp3) is 0.409.